The first-order chi connectivity index (χ1) is 23.2. The predicted octanol–water partition coefficient (Wildman–Crippen LogP) is 8.71. The summed E-state index contributed by atoms with van der Waals surface area (Å²) in [6.07, 6.45) is 6.83. The standard InChI is InChI=1S/C45H39BO2/c1-24-26(3)44(47)27(4)25(2)39(24)41-36-17-9-7-15-34(36)40(35-16-8-10-18-37(35)41)32-22-12-21-31-30(32)20-13-23-33(31)42-43(46)28(5)29-14-6-11-19-38(29)45(42)48/h6-7,9,11-23,47-48H,8,10,46H2,1-5H3. The van der Waals surface area contributed by atoms with Crippen LogP contribution in [0.2, 0.25) is 0 Å². The molecule has 0 aromatic heterocycles. The fourth-order valence-electron chi connectivity index (χ4n) is 8.38. The van der Waals surface area contributed by atoms with Gasteiger partial charge >= 0.3 is 0 Å². The highest BCUT2D eigenvalue weighted by atomic mass is 16.3. The van der Waals surface area contributed by atoms with E-state index in [9.17, 15) is 10.2 Å². The average molecular weight is 623 g/mol. The van der Waals surface area contributed by atoms with Crippen molar-refractivity contribution in [1.82, 2.24) is 0 Å². The highest BCUT2D eigenvalue weighted by molar-refractivity contribution is 6.40. The number of phenolic OH excluding ortho intramolecular Hbond substituents is 2. The number of benzene rings is 7. The molecule has 2 nitrogen and oxygen atoms in total. The normalized spacial score (nSPS) is 12.7. The van der Waals surface area contributed by atoms with Crippen molar-refractivity contribution in [3.8, 4) is 44.9 Å². The minimum absolute atomic E-state index is 0.340. The van der Waals surface area contributed by atoms with Crippen molar-refractivity contribution >= 4 is 57.8 Å². The summed E-state index contributed by atoms with van der Waals surface area (Å²) in [4.78, 5) is 0. The Morgan fingerprint density at radius 3 is 1.46 bits per heavy atom. The number of fused-ring (bicyclic) bond motifs is 4. The van der Waals surface area contributed by atoms with E-state index in [1.807, 2.05) is 32.0 Å². The van der Waals surface area contributed by atoms with Crippen molar-refractivity contribution in [2.45, 2.75) is 47.5 Å². The fourth-order valence-corrected chi connectivity index (χ4v) is 8.38. The lowest BCUT2D eigenvalue weighted by atomic mass is 9.78. The van der Waals surface area contributed by atoms with E-state index < -0.39 is 0 Å². The van der Waals surface area contributed by atoms with Gasteiger partial charge < -0.3 is 10.2 Å². The van der Waals surface area contributed by atoms with Crippen LogP contribution in [-0.4, -0.2) is 18.1 Å². The molecule has 0 heterocycles. The zero-order chi connectivity index (χ0) is 33.4. The molecule has 1 aliphatic rings. The van der Waals surface area contributed by atoms with E-state index in [2.05, 4.69) is 107 Å². The molecule has 0 radical (unpaired) electrons. The van der Waals surface area contributed by atoms with Gasteiger partial charge in [0.05, 0.1) is 0 Å². The largest absolute Gasteiger partial charge is 0.507 e. The van der Waals surface area contributed by atoms with Crippen LogP contribution in [0.3, 0.4) is 0 Å². The van der Waals surface area contributed by atoms with Crippen LogP contribution in [0.1, 0.15) is 40.7 Å². The molecule has 234 valence electrons. The van der Waals surface area contributed by atoms with Crippen molar-refractivity contribution in [2.75, 3.05) is 0 Å². The topological polar surface area (TPSA) is 40.5 Å². The minimum atomic E-state index is 0.340. The Kier molecular flexibility index (Phi) is 7.00. The average Bonchev–Trinajstić information content (AvgIpc) is 3.12. The summed E-state index contributed by atoms with van der Waals surface area (Å²) >= 11 is 0. The number of hydrogen-bond acceptors (Lipinski definition) is 2. The monoisotopic (exact) mass is 622 g/mol. The third kappa shape index (κ3) is 4.20. The van der Waals surface area contributed by atoms with Crippen LogP contribution in [0.25, 0.3) is 77.9 Å². The first-order valence-electron chi connectivity index (χ1n) is 17.0. The summed E-state index contributed by atoms with van der Waals surface area (Å²) in [5.74, 6) is 0.737. The zero-order valence-electron chi connectivity index (χ0n) is 28.5. The van der Waals surface area contributed by atoms with Crippen LogP contribution in [0.15, 0.2) is 84.9 Å². The van der Waals surface area contributed by atoms with E-state index in [4.69, 9.17) is 0 Å². The molecule has 0 amide bonds. The van der Waals surface area contributed by atoms with Gasteiger partial charge in [-0.15, -0.1) is 0 Å². The van der Waals surface area contributed by atoms with E-state index in [0.717, 1.165) is 67.8 Å². The van der Waals surface area contributed by atoms with Gasteiger partial charge in [-0.2, -0.15) is 0 Å². The zero-order valence-corrected chi connectivity index (χ0v) is 28.5. The maximum Gasteiger partial charge on any atom is 0.140 e. The van der Waals surface area contributed by atoms with Crippen molar-refractivity contribution in [3.05, 3.63) is 123 Å². The molecule has 0 unspecified atom stereocenters. The molecule has 7 aromatic rings. The molecule has 7 aromatic carbocycles. The van der Waals surface area contributed by atoms with Crippen molar-refractivity contribution in [2.24, 2.45) is 0 Å². The number of aromatic hydroxyl groups is 2. The third-order valence-electron chi connectivity index (χ3n) is 11.2. The molecule has 0 saturated carbocycles. The highest BCUT2D eigenvalue weighted by Crippen LogP contribution is 2.43. The lowest BCUT2D eigenvalue weighted by Gasteiger charge is -2.23. The molecular formula is C45H39BO2. The Balaban J connectivity index is 1.49. The second-order valence-electron chi connectivity index (χ2n) is 13.6. The molecule has 0 saturated heterocycles. The molecule has 8 rings (SSSR count). The van der Waals surface area contributed by atoms with Gasteiger partial charge in [0.1, 0.15) is 19.3 Å². The van der Waals surface area contributed by atoms with Crippen LogP contribution in [0.5, 0.6) is 11.5 Å². The number of rotatable bonds is 3. The number of hydrogen-bond donors (Lipinski definition) is 2. The van der Waals surface area contributed by atoms with Gasteiger partial charge in [-0.1, -0.05) is 103 Å². The van der Waals surface area contributed by atoms with E-state index in [1.54, 1.807) is 0 Å². The molecule has 0 spiro atoms. The number of aryl methyl sites for hydroxylation is 1. The molecule has 0 aliphatic heterocycles. The highest BCUT2D eigenvalue weighted by Gasteiger charge is 2.23. The summed E-state index contributed by atoms with van der Waals surface area (Å²) in [6, 6.07) is 30.1. The van der Waals surface area contributed by atoms with Gasteiger partial charge in [0.15, 0.2) is 0 Å². The molecule has 2 N–H and O–H groups in total. The van der Waals surface area contributed by atoms with E-state index in [1.165, 1.54) is 54.4 Å². The van der Waals surface area contributed by atoms with Crippen LogP contribution < -0.4 is 15.9 Å². The minimum Gasteiger partial charge on any atom is -0.507 e. The number of phenols is 2. The van der Waals surface area contributed by atoms with Crippen molar-refractivity contribution in [1.29, 1.82) is 0 Å². The molecule has 48 heavy (non-hydrogen) atoms. The van der Waals surface area contributed by atoms with Crippen LogP contribution in [-0.2, 0) is 0 Å². The summed E-state index contributed by atoms with van der Waals surface area (Å²) in [6.45, 7) is 10.5. The van der Waals surface area contributed by atoms with E-state index in [0.29, 0.717) is 11.5 Å². The Hall–Kier alpha value is -5.28. The Morgan fingerprint density at radius 1 is 0.417 bits per heavy atom. The Labute approximate surface area is 282 Å². The van der Waals surface area contributed by atoms with E-state index in [-0.39, 0.29) is 0 Å². The van der Waals surface area contributed by atoms with Crippen LogP contribution in [0, 0.1) is 34.6 Å². The summed E-state index contributed by atoms with van der Waals surface area (Å²) in [5.41, 5.74) is 13.3. The van der Waals surface area contributed by atoms with Crippen LogP contribution >= 0.6 is 0 Å². The van der Waals surface area contributed by atoms with Gasteiger partial charge in [-0.3, -0.25) is 0 Å². The third-order valence-corrected chi connectivity index (χ3v) is 11.2. The van der Waals surface area contributed by atoms with E-state index >= 15 is 0 Å². The van der Waals surface area contributed by atoms with Gasteiger partial charge in [-0.25, -0.2) is 0 Å². The maximum atomic E-state index is 11.8. The van der Waals surface area contributed by atoms with Crippen molar-refractivity contribution in [3.63, 3.8) is 0 Å². The fraction of sp³-hybridized carbons (Fsp3) is 0.156. The van der Waals surface area contributed by atoms with Crippen molar-refractivity contribution < 1.29 is 10.2 Å². The summed E-state index contributed by atoms with van der Waals surface area (Å²) in [7, 11) is 2.13. The first-order valence-corrected chi connectivity index (χ1v) is 17.0. The lowest BCUT2D eigenvalue weighted by molar-refractivity contribution is 0.466. The summed E-state index contributed by atoms with van der Waals surface area (Å²) in [5, 5.41) is 32.0. The Morgan fingerprint density at radius 2 is 0.875 bits per heavy atom. The molecule has 0 atom stereocenters. The summed E-state index contributed by atoms with van der Waals surface area (Å²) < 4.78 is 0. The van der Waals surface area contributed by atoms with Gasteiger partial charge in [-0.05, 0) is 140 Å². The molecule has 0 bridgehead atoms. The SMILES string of the molecule is Bc1c(-c2cccc3c(-c4c5c(c(-c6c(C)c(C)c(O)c(C)c6C)c6ccccc46)=CCCC=5)cccc23)c(O)c2ccccc2c1C. The Bertz CT molecular complexity index is 2620. The molecule has 0 fully saturated rings. The molecular weight excluding hydrogens is 583 g/mol. The van der Waals surface area contributed by atoms with Gasteiger partial charge in [0.2, 0.25) is 0 Å². The lowest BCUT2D eigenvalue weighted by Crippen LogP contribution is -2.32. The smallest absolute Gasteiger partial charge is 0.140 e. The van der Waals surface area contributed by atoms with Crippen LogP contribution in [0.4, 0.5) is 0 Å². The second kappa shape index (κ2) is 11.2. The first kappa shape index (κ1) is 30.1. The quantitative estimate of drug-likeness (QED) is 0.194. The second-order valence-corrected chi connectivity index (χ2v) is 13.6. The maximum absolute atomic E-state index is 11.8. The molecule has 3 heteroatoms. The van der Waals surface area contributed by atoms with Gasteiger partial charge in [0.25, 0.3) is 0 Å². The van der Waals surface area contributed by atoms with Gasteiger partial charge in [0, 0.05) is 10.9 Å². The predicted molar refractivity (Wildman–Crippen MR) is 208 cm³/mol. The molecule has 1 aliphatic carbocycles.